The molecule has 1 unspecified atom stereocenters. The molecule has 1 aromatic rings. The molecule has 6 heteroatoms. The van der Waals surface area contributed by atoms with Crippen molar-refractivity contribution in [1.82, 2.24) is 4.90 Å². The van der Waals surface area contributed by atoms with Crippen LogP contribution < -0.4 is 5.32 Å². The number of likely N-dealkylation sites (tertiary alicyclic amines) is 1. The number of carbonyl (C=O) groups excluding carboxylic acids is 1. The van der Waals surface area contributed by atoms with Crippen LogP contribution >= 0.6 is 34.2 Å². The zero-order valence-corrected chi connectivity index (χ0v) is 16.8. The van der Waals surface area contributed by atoms with Crippen LogP contribution in [-0.4, -0.2) is 36.2 Å². The Morgan fingerprint density at radius 3 is 2.87 bits per heavy atom. The molecule has 0 bridgehead atoms. The number of nitrogens with one attached hydrogen (secondary N) is 1. The minimum Gasteiger partial charge on any atom is -0.444 e. The SMILES string of the molecule is CC(C)(C)OC(=O)N1CCCC(CNc2ccc(Cl)cc2I)C1. The van der Waals surface area contributed by atoms with Crippen molar-refractivity contribution in [2.75, 3.05) is 25.0 Å². The van der Waals surface area contributed by atoms with Gasteiger partial charge in [-0.1, -0.05) is 11.6 Å². The van der Waals surface area contributed by atoms with Crippen molar-refractivity contribution in [1.29, 1.82) is 0 Å². The summed E-state index contributed by atoms with van der Waals surface area (Å²) in [5.41, 5.74) is 0.645. The fraction of sp³-hybridized carbons (Fsp3) is 0.588. The number of benzene rings is 1. The molecule has 0 radical (unpaired) electrons. The van der Waals surface area contributed by atoms with Crippen LogP contribution in [0.3, 0.4) is 0 Å². The van der Waals surface area contributed by atoms with E-state index in [1.165, 1.54) is 0 Å². The average Bonchev–Trinajstić information content (AvgIpc) is 2.45. The zero-order valence-electron chi connectivity index (χ0n) is 13.9. The fourth-order valence-electron chi connectivity index (χ4n) is 2.61. The highest BCUT2D eigenvalue weighted by Gasteiger charge is 2.27. The van der Waals surface area contributed by atoms with Crippen molar-refractivity contribution in [3.63, 3.8) is 0 Å². The second kappa shape index (κ2) is 7.92. The maximum Gasteiger partial charge on any atom is 0.410 e. The van der Waals surface area contributed by atoms with Crippen molar-refractivity contribution >= 4 is 46.0 Å². The third kappa shape index (κ3) is 6.03. The minimum absolute atomic E-state index is 0.205. The van der Waals surface area contributed by atoms with E-state index < -0.39 is 5.60 Å². The van der Waals surface area contributed by atoms with E-state index in [-0.39, 0.29) is 6.09 Å². The summed E-state index contributed by atoms with van der Waals surface area (Å²) in [4.78, 5) is 14.0. The highest BCUT2D eigenvalue weighted by atomic mass is 127. The van der Waals surface area contributed by atoms with Gasteiger partial charge in [0, 0.05) is 33.9 Å². The van der Waals surface area contributed by atoms with Crippen molar-refractivity contribution < 1.29 is 9.53 Å². The first-order chi connectivity index (χ1) is 10.7. The van der Waals surface area contributed by atoms with E-state index in [4.69, 9.17) is 16.3 Å². The molecule has 0 aliphatic carbocycles. The van der Waals surface area contributed by atoms with Crippen LogP contribution in [0.25, 0.3) is 0 Å². The number of halogens is 2. The topological polar surface area (TPSA) is 41.6 Å². The summed E-state index contributed by atoms with van der Waals surface area (Å²) < 4.78 is 6.58. The fourth-order valence-corrected chi connectivity index (χ4v) is 3.67. The standard InChI is InChI=1S/C17H24ClIN2O2/c1-17(2,3)23-16(22)21-8-4-5-12(11-21)10-20-15-7-6-13(18)9-14(15)19/h6-7,9,12,20H,4-5,8,10-11H2,1-3H3. The van der Waals surface area contributed by atoms with E-state index in [1.54, 1.807) is 0 Å². The van der Waals surface area contributed by atoms with Gasteiger partial charge in [0.2, 0.25) is 0 Å². The third-order valence-corrected chi connectivity index (χ3v) is 4.81. The smallest absolute Gasteiger partial charge is 0.410 e. The maximum atomic E-state index is 12.2. The second-order valence-corrected chi connectivity index (χ2v) is 8.54. The lowest BCUT2D eigenvalue weighted by Gasteiger charge is -2.34. The third-order valence-electron chi connectivity index (χ3n) is 3.68. The van der Waals surface area contributed by atoms with Gasteiger partial charge in [-0.2, -0.15) is 0 Å². The Morgan fingerprint density at radius 1 is 1.48 bits per heavy atom. The van der Waals surface area contributed by atoms with E-state index in [9.17, 15) is 4.79 Å². The molecule has 1 aliphatic heterocycles. The van der Waals surface area contributed by atoms with Crippen molar-refractivity contribution in [3.8, 4) is 0 Å². The Morgan fingerprint density at radius 2 is 2.22 bits per heavy atom. The van der Waals surface area contributed by atoms with Crippen LogP contribution in [0.5, 0.6) is 0 Å². The van der Waals surface area contributed by atoms with E-state index in [2.05, 4.69) is 27.9 Å². The van der Waals surface area contributed by atoms with Gasteiger partial charge < -0.3 is 15.0 Å². The van der Waals surface area contributed by atoms with Gasteiger partial charge in [-0.05, 0) is 80.3 Å². The van der Waals surface area contributed by atoms with Crippen molar-refractivity contribution in [2.45, 2.75) is 39.2 Å². The molecule has 23 heavy (non-hydrogen) atoms. The summed E-state index contributed by atoms with van der Waals surface area (Å²) in [6.07, 6.45) is 1.93. The maximum absolute atomic E-state index is 12.2. The largest absolute Gasteiger partial charge is 0.444 e. The number of hydrogen-bond donors (Lipinski definition) is 1. The number of hydrogen-bond acceptors (Lipinski definition) is 3. The average molecular weight is 451 g/mol. The van der Waals surface area contributed by atoms with E-state index in [1.807, 2.05) is 43.9 Å². The molecule has 1 atom stereocenters. The van der Waals surface area contributed by atoms with E-state index in [0.29, 0.717) is 5.92 Å². The van der Waals surface area contributed by atoms with Gasteiger partial charge in [-0.3, -0.25) is 0 Å². The van der Waals surface area contributed by atoms with Crippen molar-refractivity contribution in [3.05, 3.63) is 26.8 Å². The Labute approximate surface area is 157 Å². The van der Waals surface area contributed by atoms with Gasteiger partial charge in [0.25, 0.3) is 0 Å². The molecular weight excluding hydrogens is 427 g/mol. The van der Waals surface area contributed by atoms with Gasteiger partial charge in [0.05, 0.1) is 0 Å². The molecule has 0 spiro atoms. The van der Waals surface area contributed by atoms with Crippen molar-refractivity contribution in [2.24, 2.45) is 5.92 Å². The monoisotopic (exact) mass is 450 g/mol. The van der Waals surface area contributed by atoms with Gasteiger partial charge in [0.15, 0.2) is 0 Å². The molecule has 1 fully saturated rings. The number of anilines is 1. The van der Waals surface area contributed by atoms with E-state index in [0.717, 1.165) is 46.8 Å². The molecule has 1 aromatic carbocycles. The Bertz CT molecular complexity index is 560. The molecule has 1 heterocycles. The molecule has 1 aliphatic rings. The van der Waals surface area contributed by atoms with Crippen LogP contribution in [0.15, 0.2) is 18.2 Å². The Balaban J connectivity index is 1.87. The Hall–Kier alpha value is -0.690. The highest BCUT2D eigenvalue weighted by molar-refractivity contribution is 14.1. The first-order valence-corrected chi connectivity index (χ1v) is 9.37. The molecule has 1 N–H and O–H groups in total. The lowest BCUT2D eigenvalue weighted by Crippen LogP contribution is -2.44. The number of rotatable bonds is 3. The van der Waals surface area contributed by atoms with Gasteiger partial charge >= 0.3 is 6.09 Å². The number of piperidine rings is 1. The second-order valence-electron chi connectivity index (χ2n) is 6.94. The Kier molecular flexibility index (Phi) is 6.42. The van der Waals surface area contributed by atoms with Gasteiger partial charge in [-0.25, -0.2) is 4.79 Å². The summed E-state index contributed by atoms with van der Waals surface area (Å²) in [6, 6.07) is 5.83. The molecule has 4 nitrogen and oxygen atoms in total. The molecular formula is C17H24ClIN2O2. The van der Waals surface area contributed by atoms with Gasteiger partial charge in [0.1, 0.15) is 5.60 Å². The normalized spacial score (nSPS) is 18.7. The highest BCUT2D eigenvalue weighted by Crippen LogP contribution is 2.24. The van der Waals surface area contributed by atoms with E-state index >= 15 is 0 Å². The summed E-state index contributed by atoms with van der Waals surface area (Å²) in [5.74, 6) is 0.433. The summed E-state index contributed by atoms with van der Waals surface area (Å²) in [5, 5.41) is 4.22. The van der Waals surface area contributed by atoms with Crippen LogP contribution in [0.2, 0.25) is 5.02 Å². The van der Waals surface area contributed by atoms with Crippen LogP contribution in [-0.2, 0) is 4.74 Å². The molecule has 0 aromatic heterocycles. The number of nitrogens with zero attached hydrogens (tertiary/aromatic N) is 1. The van der Waals surface area contributed by atoms with Crippen LogP contribution in [0.1, 0.15) is 33.6 Å². The molecule has 2 rings (SSSR count). The lowest BCUT2D eigenvalue weighted by molar-refractivity contribution is 0.0172. The van der Waals surface area contributed by atoms with Crippen LogP contribution in [0.4, 0.5) is 10.5 Å². The lowest BCUT2D eigenvalue weighted by atomic mass is 9.98. The molecule has 0 saturated carbocycles. The molecule has 128 valence electrons. The predicted octanol–water partition coefficient (Wildman–Crippen LogP) is 5.00. The van der Waals surface area contributed by atoms with Crippen LogP contribution in [0, 0.1) is 9.49 Å². The van der Waals surface area contributed by atoms with Gasteiger partial charge in [-0.15, -0.1) is 0 Å². The predicted molar refractivity (Wildman–Crippen MR) is 103 cm³/mol. The first kappa shape index (κ1) is 18.6. The zero-order chi connectivity index (χ0) is 17.0. The minimum atomic E-state index is -0.443. The quantitative estimate of drug-likeness (QED) is 0.659. The summed E-state index contributed by atoms with van der Waals surface area (Å²) in [7, 11) is 0. The molecule has 1 saturated heterocycles. The first-order valence-electron chi connectivity index (χ1n) is 7.91. The number of amides is 1. The number of carbonyl (C=O) groups is 1. The molecule has 1 amide bonds. The summed E-state index contributed by atoms with van der Waals surface area (Å²) >= 11 is 8.26. The number of ether oxygens (including phenoxy) is 1. The summed E-state index contributed by atoms with van der Waals surface area (Å²) in [6.45, 7) is 8.07.